The molecule has 4 rings (SSSR count). The number of alkyl halides is 1. The highest BCUT2D eigenvalue weighted by Gasteiger charge is 2.34. The van der Waals surface area contributed by atoms with Crippen LogP contribution in [0.5, 0.6) is 0 Å². The van der Waals surface area contributed by atoms with E-state index >= 15 is 0 Å². The number of imidazole rings is 1. The molecule has 3 atom stereocenters. The van der Waals surface area contributed by atoms with Crippen LogP contribution < -0.4 is 11.4 Å². The molecule has 0 aliphatic carbocycles. The maximum Gasteiger partial charge on any atom is 0.323 e. The van der Waals surface area contributed by atoms with Crippen molar-refractivity contribution in [1.82, 2.24) is 14.9 Å². The van der Waals surface area contributed by atoms with Gasteiger partial charge in [0.1, 0.15) is 6.17 Å². The molecule has 3 aromatic rings. The van der Waals surface area contributed by atoms with Gasteiger partial charge in [0.25, 0.3) is 5.91 Å². The summed E-state index contributed by atoms with van der Waals surface area (Å²) in [6, 6.07) is 15.5. The van der Waals surface area contributed by atoms with Gasteiger partial charge in [-0.15, -0.1) is 0 Å². The Morgan fingerprint density at radius 3 is 2.53 bits per heavy atom. The number of nitrogens with one attached hydrogen (secondary N) is 2. The number of hydrogen-bond acceptors (Lipinski definition) is 2. The molecule has 0 unspecified atom stereocenters. The van der Waals surface area contributed by atoms with Gasteiger partial charge in [-0.05, 0) is 29.2 Å². The first-order valence-electron chi connectivity index (χ1n) is 10.2. The Balaban J connectivity index is 1.50. The fraction of sp³-hybridized carbons (Fsp3) is 0.304. The molecular weight excluding hydrogens is 383 g/mol. The predicted molar refractivity (Wildman–Crippen MR) is 113 cm³/mol. The molecule has 1 aromatic heterocycles. The number of carbonyl (C=O) groups is 1. The van der Waals surface area contributed by atoms with Gasteiger partial charge in [-0.25, -0.2) is 9.18 Å². The van der Waals surface area contributed by atoms with Gasteiger partial charge >= 0.3 is 5.69 Å². The molecule has 0 bridgehead atoms. The fourth-order valence-corrected chi connectivity index (χ4v) is 3.93. The molecule has 0 spiro atoms. The smallest absolute Gasteiger partial charge is 0.323 e. The van der Waals surface area contributed by atoms with Crippen molar-refractivity contribution in [3.05, 3.63) is 70.8 Å². The largest absolute Gasteiger partial charge is 0.347 e. The topological polar surface area (TPSA) is 96.6 Å². The van der Waals surface area contributed by atoms with E-state index in [4.69, 9.17) is 0 Å². The monoisotopic (exact) mass is 409 g/mol. The lowest BCUT2D eigenvalue weighted by Gasteiger charge is -2.22. The van der Waals surface area contributed by atoms with Crippen molar-refractivity contribution in [2.24, 2.45) is 0 Å². The molecule has 6 nitrogen and oxygen atoms in total. The second kappa shape index (κ2) is 8.28. The molecule has 0 saturated carbocycles. The number of aromatic amines is 2. The van der Waals surface area contributed by atoms with E-state index in [1.807, 2.05) is 55.5 Å². The van der Waals surface area contributed by atoms with Gasteiger partial charge in [0, 0.05) is 24.2 Å². The van der Waals surface area contributed by atoms with Crippen LogP contribution in [-0.2, 0) is 4.79 Å². The van der Waals surface area contributed by atoms with E-state index in [1.165, 1.54) is 0 Å². The Kier molecular flexibility index (Phi) is 5.55. The van der Waals surface area contributed by atoms with Gasteiger partial charge in [-0.3, -0.25) is 4.79 Å². The zero-order chi connectivity index (χ0) is 21.3. The van der Waals surface area contributed by atoms with Gasteiger partial charge < -0.3 is 20.6 Å². The number of nitrogens with zero attached hydrogens (tertiary/aromatic N) is 1. The van der Waals surface area contributed by atoms with Crippen molar-refractivity contribution < 1.29 is 14.9 Å². The van der Waals surface area contributed by atoms with Gasteiger partial charge in [0.05, 0.1) is 12.2 Å². The summed E-state index contributed by atoms with van der Waals surface area (Å²) in [6.07, 6.45) is 1.15. The average molecular weight is 409 g/mol. The second-order valence-electron chi connectivity index (χ2n) is 7.92. The number of quaternary nitrogens is 1. The van der Waals surface area contributed by atoms with Gasteiger partial charge in [-0.2, -0.15) is 0 Å². The number of likely N-dealkylation sites (tertiary alicyclic amines) is 1. The molecule has 0 radical (unpaired) electrons. The van der Waals surface area contributed by atoms with Gasteiger partial charge in [-0.1, -0.05) is 49.4 Å². The maximum absolute atomic E-state index is 13.4. The zero-order valence-electron chi connectivity index (χ0n) is 16.9. The maximum atomic E-state index is 13.4. The summed E-state index contributed by atoms with van der Waals surface area (Å²) in [7, 11) is 0. The minimum atomic E-state index is -0.921. The highest BCUT2D eigenvalue weighted by atomic mass is 19.1. The van der Waals surface area contributed by atoms with Crippen molar-refractivity contribution in [2.45, 2.75) is 31.5 Å². The molecule has 1 aliphatic heterocycles. The number of halogens is 1. The average Bonchev–Trinajstić information content (AvgIpc) is 3.40. The van der Waals surface area contributed by atoms with E-state index in [9.17, 15) is 14.0 Å². The molecule has 1 aliphatic rings. The van der Waals surface area contributed by atoms with Crippen LogP contribution in [0.25, 0.3) is 22.4 Å². The number of H-pyrrole nitrogens is 2. The van der Waals surface area contributed by atoms with Crippen LogP contribution in [0.2, 0.25) is 0 Å². The van der Waals surface area contributed by atoms with Crippen LogP contribution in [0.4, 0.5) is 4.39 Å². The fourth-order valence-electron chi connectivity index (χ4n) is 3.93. The van der Waals surface area contributed by atoms with Gasteiger partial charge in [0.2, 0.25) is 0 Å². The third-order valence-corrected chi connectivity index (χ3v) is 5.90. The van der Waals surface area contributed by atoms with Crippen molar-refractivity contribution in [2.75, 3.05) is 13.1 Å². The van der Waals surface area contributed by atoms with Crippen LogP contribution in [0.15, 0.2) is 59.5 Å². The number of aromatic nitrogens is 2. The quantitative estimate of drug-likeness (QED) is 0.603. The van der Waals surface area contributed by atoms with E-state index in [0.29, 0.717) is 13.0 Å². The minimum Gasteiger partial charge on any atom is -0.347 e. The summed E-state index contributed by atoms with van der Waals surface area (Å²) in [5, 5.41) is 0. The van der Waals surface area contributed by atoms with E-state index in [2.05, 4.69) is 15.7 Å². The molecule has 156 valence electrons. The highest BCUT2D eigenvalue weighted by Crippen LogP contribution is 2.27. The lowest BCUT2D eigenvalue weighted by molar-refractivity contribution is -0.410. The van der Waals surface area contributed by atoms with Crippen LogP contribution in [0.3, 0.4) is 0 Å². The predicted octanol–water partition coefficient (Wildman–Crippen LogP) is 2.32. The molecule has 1 saturated heterocycles. The Bertz CT molecular complexity index is 1090. The molecule has 7 heteroatoms. The zero-order valence-corrected chi connectivity index (χ0v) is 16.9. The van der Waals surface area contributed by atoms with E-state index in [-0.39, 0.29) is 24.1 Å². The molecule has 1 fully saturated rings. The van der Waals surface area contributed by atoms with Crippen molar-refractivity contribution in [1.29, 1.82) is 0 Å². The summed E-state index contributed by atoms with van der Waals surface area (Å²) < 4.78 is 13.4. The molecule has 5 N–H and O–H groups in total. The summed E-state index contributed by atoms with van der Waals surface area (Å²) in [5.41, 5.74) is 8.58. The SMILES string of the molecule is C[C@@H](c1ccc(-c2cccc(-c3c[nH]c(=O)[nH]3)c2)cc1)[C@H]([NH3+])C(=O)N1CC[C@H](F)C1. The van der Waals surface area contributed by atoms with E-state index < -0.39 is 12.2 Å². The van der Waals surface area contributed by atoms with E-state index in [0.717, 1.165) is 27.9 Å². The first-order valence-corrected chi connectivity index (χ1v) is 10.2. The Labute approximate surface area is 173 Å². The number of rotatable bonds is 5. The standard InChI is InChI=1S/C23H25FN4O2/c1-14(21(25)22(29)28-10-9-19(24)13-28)15-5-7-16(8-6-15)17-3-2-4-18(11-17)20-12-26-23(30)27-20/h2-8,11-12,14,19,21H,9-10,13,25H2,1H3,(H2,26,27,30)/p+1/t14-,19-,21-/m0/s1. The molecular formula is C23H26FN4O2+. The second-order valence-corrected chi connectivity index (χ2v) is 7.92. The summed E-state index contributed by atoms with van der Waals surface area (Å²) in [5.74, 6) is -0.151. The first kappa shape index (κ1) is 20.1. The van der Waals surface area contributed by atoms with Crippen molar-refractivity contribution >= 4 is 5.91 Å². The Morgan fingerprint density at radius 2 is 1.90 bits per heavy atom. The van der Waals surface area contributed by atoms with Crippen LogP contribution in [-0.4, -0.2) is 46.1 Å². The molecule has 2 heterocycles. The Hall–Kier alpha value is -3.19. The van der Waals surface area contributed by atoms with Crippen molar-refractivity contribution in [3.8, 4) is 22.4 Å². The van der Waals surface area contributed by atoms with Crippen LogP contribution in [0, 0.1) is 0 Å². The third kappa shape index (κ3) is 4.07. The number of hydrogen-bond donors (Lipinski definition) is 3. The lowest BCUT2D eigenvalue weighted by Crippen LogP contribution is -2.69. The van der Waals surface area contributed by atoms with Crippen molar-refractivity contribution in [3.63, 3.8) is 0 Å². The molecule has 1 amide bonds. The minimum absolute atomic E-state index is 0.0681. The van der Waals surface area contributed by atoms with Crippen LogP contribution in [0.1, 0.15) is 24.8 Å². The lowest BCUT2D eigenvalue weighted by atomic mass is 9.91. The summed E-state index contributed by atoms with van der Waals surface area (Å²) in [6.45, 7) is 2.64. The first-order chi connectivity index (χ1) is 14.4. The number of carbonyl (C=O) groups excluding carboxylic acids is 1. The van der Waals surface area contributed by atoms with Crippen LogP contribution >= 0.6 is 0 Å². The molecule has 2 aromatic carbocycles. The Morgan fingerprint density at radius 1 is 1.17 bits per heavy atom. The third-order valence-electron chi connectivity index (χ3n) is 5.90. The highest BCUT2D eigenvalue weighted by molar-refractivity contribution is 5.82. The normalized spacial score (nSPS) is 18.4. The molecule has 30 heavy (non-hydrogen) atoms. The summed E-state index contributed by atoms with van der Waals surface area (Å²) in [4.78, 5) is 31.0. The number of amides is 1. The summed E-state index contributed by atoms with van der Waals surface area (Å²) >= 11 is 0. The number of benzene rings is 2. The van der Waals surface area contributed by atoms with Gasteiger partial charge in [0.15, 0.2) is 6.04 Å². The van der Waals surface area contributed by atoms with E-state index in [1.54, 1.807) is 11.1 Å².